The van der Waals surface area contributed by atoms with Crippen LogP contribution in [0.4, 0.5) is 5.69 Å². The van der Waals surface area contributed by atoms with Crippen LogP contribution in [0.2, 0.25) is 0 Å². The molecular weight excluding hydrogens is 416 g/mol. The Labute approximate surface area is 184 Å². The zero-order valence-corrected chi connectivity index (χ0v) is 19.0. The number of carbonyl (C=O) groups is 1. The highest BCUT2D eigenvalue weighted by molar-refractivity contribution is 7.89. The Hall–Kier alpha value is -2.42. The lowest BCUT2D eigenvalue weighted by Gasteiger charge is -2.26. The second kappa shape index (κ2) is 10.3. The van der Waals surface area contributed by atoms with Gasteiger partial charge in [-0.25, -0.2) is 8.42 Å². The lowest BCUT2D eigenvalue weighted by molar-refractivity contribution is -0.118. The Bertz CT molecular complexity index is 988. The first-order valence-corrected chi connectivity index (χ1v) is 11.9. The monoisotopic (exact) mass is 446 g/mol. The van der Waals surface area contributed by atoms with Crippen LogP contribution in [0.5, 0.6) is 5.75 Å². The zero-order chi connectivity index (χ0) is 22.4. The number of methoxy groups -OCH3 is 1. The van der Waals surface area contributed by atoms with Gasteiger partial charge in [-0.1, -0.05) is 50.6 Å². The Morgan fingerprint density at radius 1 is 1.16 bits per heavy atom. The van der Waals surface area contributed by atoms with E-state index < -0.39 is 10.0 Å². The van der Waals surface area contributed by atoms with E-state index in [1.165, 1.54) is 23.5 Å². The lowest BCUT2D eigenvalue weighted by atomic mass is 9.85. The van der Waals surface area contributed by atoms with Crippen molar-refractivity contribution in [1.29, 1.82) is 0 Å². The van der Waals surface area contributed by atoms with E-state index in [0.29, 0.717) is 37.7 Å². The summed E-state index contributed by atoms with van der Waals surface area (Å²) >= 11 is 0. The molecule has 0 saturated carbocycles. The third-order valence-corrected chi connectivity index (χ3v) is 7.59. The predicted octanol–water partition coefficient (Wildman–Crippen LogP) is 3.48. The molecule has 1 aliphatic heterocycles. The number of sulfonamides is 1. The smallest absolute Gasteiger partial charge is 0.243 e. The minimum Gasteiger partial charge on any atom is -0.495 e. The molecule has 2 atom stereocenters. The van der Waals surface area contributed by atoms with E-state index in [1.54, 1.807) is 6.07 Å². The molecule has 0 spiro atoms. The second-order valence-corrected chi connectivity index (χ2v) is 9.58. The standard InChI is InChI=1S/C23H30N2O5S/c1-4-17(2)22(18-8-6-5-7-9-18)23(26)24-20-16-19(10-11-21(20)29-3)31(27,28)25-12-14-30-15-13-25/h5-11,16-17,22H,4,12-15H2,1-3H3,(H,24,26)/t17-,22-/m1/s1. The van der Waals surface area contributed by atoms with Gasteiger partial charge in [0.2, 0.25) is 15.9 Å². The van der Waals surface area contributed by atoms with Gasteiger partial charge in [-0.05, 0) is 29.7 Å². The summed E-state index contributed by atoms with van der Waals surface area (Å²) in [5, 5.41) is 2.92. The molecule has 0 aliphatic carbocycles. The van der Waals surface area contributed by atoms with Gasteiger partial charge >= 0.3 is 0 Å². The van der Waals surface area contributed by atoms with Crippen LogP contribution < -0.4 is 10.1 Å². The number of carbonyl (C=O) groups excluding carboxylic acids is 1. The number of ether oxygens (including phenoxy) is 2. The van der Waals surface area contributed by atoms with Crippen molar-refractivity contribution >= 4 is 21.6 Å². The van der Waals surface area contributed by atoms with Crippen molar-refractivity contribution in [3.05, 3.63) is 54.1 Å². The summed E-state index contributed by atoms with van der Waals surface area (Å²) in [7, 11) is -2.20. The molecule has 0 radical (unpaired) electrons. The number of hydrogen-bond acceptors (Lipinski definition) is 5. The van der Waals surface area contributed by atoms with Crippen molar-refractivity contribution in [2.24, 2.45) is 5.92 Å². The molecule has 2 aromatic rings. The van der Waals surface area contributed by atoms with Gasteiger partial charge in [0.15, 0.2) is 0 Å². The van der Waals surface area contributed by atoms with Crippen molar-refractivity contribution < 1.29 is 22.7 Å². The first-order chi connectivity index (χ1) is 14.9. The third-order valence-electron chi connectivity index (χ3n) is 5.69. The van der Waals surface area contributed by atoms with Crippen LogP contribution in [0.25, 0.3) is 0 Å². The Balaban J connectivity index is 1.92. The topological polar surface area (TPSA) is 84.9 Å². The molecule has 1 heterocycles. The highest BCUT2D eigenvalue weighted by atomic mass is 32.2. The molecule has 7 nitrogen and oxygen atoms in total. The summed E-state index contributed by atoms with van der Waals surface area (Å²) in [6.07, 6.45) is 0.829. The molecule has 1 fully saturated rings. The first kappa shape index (κ1) is 23.2. The first-order valence-electron chi connectivity index (χ1n) is 10.5. The number of nitrogens with zero attached hydrogens (tertiary/aromatic N) is 1. The van der Waals surface area contributed by atoms with Crippen LogP contribution in [-0.4, -0.2) is 52.0 Å². The van der Waals surface area contributed by atoms with E-state index in [4.69, 9.17) is 9.47 Å². The summed E-state index contributed by atoms with van der Waals surface area (Å²) in [5.41, 5.74) is 1.26. The van der Waals surface area contributed by atoms with Crippen LogP contribution in [0.3, 0.4) is 0 Å². The molecule has 0 unspecified atom stereocenters. The highest BCUT2D eigenvalue weighted by Crippen LogP contribution is 2.33. The van der Waals surface area contributed by atoms with E-state index in [0.717, 1.165) is 12.0 Å². The summed E-state index contributed by atoms with van der Waals surface area (Å²) < 4.78 is 38.2. The van der Waals surface area contributed by atoms with E-state index in [9.17, 15) is 13.2 Å². The van der Waals surface area contributed by atoms with Gasteiger partial charge in [-0.15, -0.1) is 0 Å². The number of benzene rings is 2. The fourth-order valence-corrected chi connectivity index (χ4v) is 5.16. The van der Waals surface area contributed by atoms with E-state index in [2.05, 4.69) is 5.32 Å². The van der Waals surface area contributed by atoms with Crippen LogP contribution in [0.15, 0.2) is 53.4 Å². The van der Waals surface area contributed by atoms with E-state index in [-0.39, 0.29) is 22.6 Å². The van der Waals surface area contributed by atoms with Gasteiger partial charge in [-0.2, -0.15) is 4.31 Å². The fraction of sp³-hybridized carbons (Fsp3) is 0.435. The Morgan fingerprint density at radius 2 is 1.84 bits per heavy atom. The number of rotatable bonds is 8. The summed E-state index contributed by atoms with van der Waals surface area (Å²) in [6.45, 7) is 5.43. The van der Waals surface area contributed by atoms with Crippen molar-refractivity contribution in [2.45, 2.75) is 31.1 Å². The zero-order valence-electron chi connectivity index (χ0n) is 18.2. The molecule has 8 heteroatoms. The van der Waals surface area contributed by atoms with Crippen molar-refractivity contribution in [3.8, 4) is 5.75 Å². The molecule has 0 aromatic heterocycles. The normalized spacial score (nSPS) is 17.0. The summed E-state index contributed by atoms with van der Waals surface area (Å²) in [4.78, 5) is 13.4. The van der Waals surface area contributed by atoms with Gasteiger partial charge in [-0.3, -0.25) is 4.79 Å². The summed E-state index contributed by atoms with van der Waals surface area (Å²) in [6, 6.07) is 14.2. The molecule has 168 valence electrons. The molecule has 1 amide bonds. The van der Waals surface area contributed by atoms with Gasteiger partial charge in [0.1, 0.15) is 5.75 Å². The largest absolute Gasteiger partial charge is 0.495 e. The maximum absolute atomic E-state index is 13.3. The fourth-order valence-electron chi connectivity index (χ4n) is 3.73. The number of amides is 1. The SMILES string of the molecule is CC[C@@H](C)[C@@H](C(=O)Nc1cc(S(=O)(=O)N2CCOCC2)ccc1OC)c1ccccc1. The average Bonchev–Trinajstić information content (AvgIpc) is 2.80. The van der Waals surface area contributed by atoms with Crippen LogP contribution in [0.1, 0.15) is 31.7 Å². The van der Waals surface area contributed by atoms with Gasteiger partial charge in [0.25, 0.3) is 0 Å². The van der Waals surface area contributed by atoms with Crippen molar-refractivity contribution in [2.75, 3.05) is 38.7 Å². The lowest BCUT2D eigenvalue weighted by Crippen LogP contribution is -2.40. The minimum absolute atomic E-state index is 0.105. The number of morpholine rings is 1. The maximum atomic E-state index is 13.3. The second-order valence-electron chi connectivity index (χ2n) is 7.64. The highest BCUT2D eigenvalue weighted by Gasteiger charge is 2.29. The van der Waals surface area contributed by atoms with E-state index in [1.807, 2.05) is 44.2 Å². The van der Waals surface area contributed by atoms with Gasteiger partial charge in [0, 0.05) is 13.1 Å². The Kier molecular flexibility index (Phi) is 7.69. The summed E-state index contributed by atoms with van der Waals surface area (Å²) in [5.74, 6) is -0.0471. The number of nitrogens with one attached hydrogen (secondary N) is 1. The number of anilines is 1. The molecule has 1 saturated heterocycles. The van der Waals surface area contributed by atoms with Crippen molar-refractivity contribution in [3.63, 3.8) is 0 Å². The van der Waals surface area contributed by atoms with Crippen LogP contribution in [-0.2, 0) is 19.6 Å². The molecule has 31 heavy (non-hydrogen) atoms. The molecule has 2 aromatic carbocycles. The molecular formula is C23H30N2O5S. The van der Waals surface area contributed by atoms with Crippen LogP contribution in [0, 0.1) is 5.92 Å². The van der Waals surface area contributed by atoms with E-state index >= 15 is 0 Å². The minimum atomic E-state index is -3.69. The molecule has 1 N–H and O–H groups in total. The molecule has 1 aliphatic rings. The Morgan fingerprint density at radius 3 is 2.45 bits per heavy atom. The predicted molar refractivity (Wildman–Crippen MR) is 120 cm³/mol. The van der Waals surface area contributed by atoms with Crippen LogP contribution >= 0.6 is 0 Å². The average molecular weight is 447 g/mol. The van der Waals surface area contributed by atoms with Gasteiger partial charge < -0.3 is 14.8 Å². The third kappa shape index (κ3) is 5.26. The molecule has 3 rings (SSSR count). The van der Waals surface area contributed by atoms with Crippen molar-refractivity contribution in [1.82, 2.24) is 4.31 Å². The quantitative estimate of drug-likeness (QED) is 0.671. The maximum Gasteiger partial charge on any atom is 0.243 e. The van der Waals surface area contributed by atoms with Gasteiger partial charge in [0.05, 0.1) is 36.8 Å². The molecule has 0 bridgehead atoms. The number of hydrogen-bond donors (Lipinski definition) is 1.